The molecule has 5 nitrogen and oxygen atoms in total. The van der Waals surface area contributed by atoms with Gasteiger partial charge in [0.15, 0.2) is 12.2 Å². The molecule has 0 amide bonds. The summed E-state index contributed by atoms with van der Waals surface area (Å²) < 4.78 is 9.19. The summed E-state index contributed by atoms with van der Waals surface area (Å²) in [7, 11) is 1.30. The lowest BCUT2D eigenvalue weighted by Crippen LogP contribution is -2.34. The molecule has 11 heavy (non-hydrogen) atoms. The standard InChI is InChI=1S/C6H10O5/c1-10-5-4(8)3(2-7)11-6(5)9/h3-5,7-8H,2H2,1H3/t3-,4-,5+/m0/s1. The third-order valence-electron chi connectivity index (χ3n) is 1.62. The Morgan fingerprint density at radius 3 is 2.64 bits per heavy atom. The second kappa shape index (κ2) is 3.17. The van der Waals surface area contributed by atoms with Crippen LogP contribution in [0.1, 0.15) is 0 Å². The van der Waals surface area contributed by atoms with Gasteiger partial charge in [-0.1, -0.05) is 0 Å². The molecule has 0 aliphatic carbocycles. The van der Waals surface area contributed by atoms with Crippen molar-refractivity contribution in [2.75, 3.05) is 13.7 Å². The van der Waals surface area contributed by atoms with Crippen molar-refractivity contribution >= 4 is 5.97 Å². The maximum atomic E-state index is 10.8. The summed E-state index contributed by atoms with van der Waals surface area (Å²) in [6.07, 6.45) is -2.85. The van der Waals surface area contributed by atoms with E-state index in [0.717, 1.165) is 0 Å². The van der Waals surface area contributed by atoms with E-state index in [4.69, 9.17) is 5.11 Å². The van der Waals surface area contributed by atoms with Gasteiger partial charge in [0.25, 0.3) is 0 Å². The van der Waals surface area contributed by atoms with Crippen molar-refractivity contribution in [1.29, 1.82) is 0 Å². The van der Waals surface area contributed by atoms with Crippen LogP contribution in [-0.2, 0) is 14.3 Å². The summed E-state index contributed by atoms with van der Waals surface area (Å²) >= 11 is 0. The molecular formula is C6H10O5. The molecule has 0 aromatic carbocycles. The Kier molecular flexibility index (Phi) is 2.43. The van der Waals surface area contributed by atoms with Crippen molar-refractivity contribution in [3.63, 3.8) is 0 Å². The molecule has 3 atom stereocenters. The number of rotatable bonds is 2. The van der Waals surface area contributed by atoms with Gasteiger partial charge in [0.1, 0.15) is 6.10 Å². The van der Waals surface area contributed by atoms with Gasteiger partial charge in [0.2, 0.25) is 0 Å². The largest absolute Gasteiger partial charge is 0.455 e. The Morgan fingerprint density at radius 2 is 2.36 bits per heavy atom. The Balaban J connectivity index is 2.62. The van der Waals surface area contributed by atoms with Crippen LogP contribution >= 0.6 is 0 Å². The minimum atomic E-state index is -1.06. The second-order valence-corrected chi connectivity index (χ2v) is 2.30. The first kappa shape index (κ1) is 8.45. The second-order valence-electron chi connectivity index (χ2n) is 2.30. The van der Waals surface area contributed by atoms with Gasteiger partial charge in [-0.2, -0.15) is 0 Å². The van der Waals surface area contributed by atoms with Crippen molar-refractivity contribution in [3.8, 4) is 0 Å². The van der Waals surface area contributed by atoms with Crippen LogP contribution in [0.4, 0.5) is 0 Å². The first-order chi connectivity index (χ1) is 5.20. The first-order valence-electron chi connectivity index (χ1n) is 3.23. The minimum Gasteiger partial charge on any atom is -0.455 e. The fourth-order valence-corrected chi connectivity index (χ4v) is 1.00. The highest BCUT2D eigenvalue weighted by Crippen LogP contribution is 2.17. The number of aliphatic hydroxyl groups excluding tert-OH is 2. The summed E-state index contributed by atoms with van der Waals surface area (Å²) in [6, 6.07) is 0. The summed E-state index contributed by atoms with van der Waals surface area (Å²) in [6.45, 7) is -0.382. The van der Waals surface area contributed by atoms with Crippen molar-refractivity contribution in [1.82, 2.24) is 0 Å². The monoisotopic (exact) mass is 162 g/mol. The van der Waals surface area contributed by atoms with Crippen LogP contribution in [0.15, 0.2) is 0 Å². The number of hydrogen-bond acceptors (Lipinski definition) is 5. The van der Waals surface area contributed by atoms with E-state index in [2.05, 4.69) is 9.47 Å². The molecular weight excluding hydrogens is 152 g/mol. The Morgan fingerprint density at radius 1 is 1.73 bits per heavy atom. The summed E-state index contributed by atoms with van der Waals surface area (Å²) in [5.41, 5.74) is 0. The third-order valence-corrected chi connectivity index (χ3v) is 1.62. The predicted octanol–water partition coefficient (Wildman–Crippen LogP) is -1.72. The number of cyclic esters (lactones) is 1. The number of methoxy groups -OCH3 is 1. The maximum absolute atomic E-state index is 10.8. The van der Waals surface area contributed by atoms with E-state index in [9.17, 15) is 9.90 Å². The van der Waals surface area contributed by atoms with E-state index >= 15 is 0 Å². The number of ether oxygens (including phenoxy) is 2. The number of aliphatic hydroxyl groups is 2. The van der Waals surface area contributed by atoms with E-state index in [0.29, 0.717) is 0 Å². The molecule has 5 heteroatoms. The number of carbonyl (C=O) groups is 1. The molecule has 64 valence electrons. The van der Waals surface area contributed by atoms with Gasteiger partial charge in [-0.3, -0.25) is 0 Å². The SMILES string of the molecule is CO[C@H]1C(=O)O[C@@H](CO)[C@@H]1O. The van der Waals surface area contributed by atoms with Crippen LogP contribution in [0.25, 0.3) is 0 Å². The van der Waals surface area contributed by atoms with Crippen LogP contribution in [0.3, 0.4) is 0 Å². The molecule has 0 aromatic rings. The van der Waals surface area contributed by atoms with Gasteiger partial charge in [-0.05, 0) is 0 Å². The van der Waals surface area contributed by atoms with Crippen molar-refractivity contribution in [2.45, 2.75) is 18.3 Å². The zero-order valence-electron chi connectivity index (χ0n) is 6.06. The normalized spacial score (nSPS) is 37.4. The van der Waals surface area contributed by atoms with Crippen LogP contribution < -0.4 is 0 Å². The molecule has 1 saturated heterocycles. The highest BCUT2D eigenvalue weighted by atomic mass is 16.6. The molecule has 1 fully saturated rings. The third kappa shape index (κ3) is 1.35. The van der Waals surface area contributed by atoms with Gasteiger partial charge in [0.05, 0.1) is 6.61 Å². The molecule has 1 rings (SSSR count). The van der Waals surface area contributed by atoms with E-state index in [1.165, 1.54) is 7.11 Å². The molecule has 0 saturated carbocycles. The average molecular weight is 162 g/mol. The molecule has 0 bridgehead atoms. The van der Waals surface area contributed by atoms with Crippen LogP contribution in [0, 0.1) is 0 Å². The lowest BCUT2D eigenvalue weighted by molar-refractivity contribution is -0.149. The zero-order chi connectivity index (χ0) is 8.43. The highest BCUT2D eigenvalue weighted by Gasteiger charge is 2.43. The molecule has 2 N–H and O–H groups in total. The summed E-state index contributed by atoms with van der Waals surface area (Å²) in [5.74, 6) is -0.626. The summed E-state index contributed by atoms with van der Waals surface area (Å²) in [4.78, 5) is 10.8. The maximum Gasteiger partial charge on any atom is 0.338 e. The van der Waals surface area contributed by atoms with Crippen molar-refractivity contribution in [2.24, 2.45) is 0 Å². The topological polar surface area (TPSA) is 76.0 Å². The lowest BCUT2D eigenvalue weighted by Gasteiger charge is -2.10. The van der Waals surface area contributed by atoms with Gasteiger partial charge >= 0.3 is 5.97 Å². The highest BCUT2D eigenvalue weighted by molar-refractivity contribution is 5.78. The first-order valence-corrected chi connectivity index (χ1v) is 3.23. The van der Waals surface area contributed by atoms with Gasteiger partial charge < -0.3 is 19.7 Å². The molecule has 1 aliphatic heterocycles. The molecule has 0 aromatic heterocycles. The minimum absolute atomic E-state index is 0.382. The number of carbonyl (C=O) groups excluding carboxylic acids is 1. The Labute approximate surface area is 63.5 Å². The fourth-order valence-electron chi connectivity index (χ4n) is 1.00. The molecule has 1 heterocycles. The molecule has 0 unspecified atom stereocenters. The number of hydrogen-bond donors (Lipinski definition) is 2. The van der Waals surface area contributed by atoms with Gasteiger partial charge in [0, 0.05) is 7.11 Å². The van der Waals surface area contributed by atoms with Crippen LogP contribution in [0.5, 0.6) is 0 Å². The Hall–Kier alpha value is -0.650. The van der Waals surface area contributed by atoms with Crippen molar-refractivity contribution < 1.29 is 24.5 Å². The molecule has 0 radical (unpaired) electrons. The fraction of sp³-hybridized carbons (Fsp3) is 0.833. The van der Waals surface area contributed by atoms with Crippen LogP contribution in [0.2, 0.25) is 0 Å². The molecule has 1 aliphatic rings. The molecule has 0 spiro atoms. The van der Waals surface area contributed by atoms with E-state index in [-0.39, 0.29) is 6.61 Å². The predicted molar refractivity (Wildman–Crippen MR) is 33.8 cm³/mol. The Bertz CT molecular complexity index is 157. The zero-order valence-corrected chi connectivity index (χ0v) is 6.06. The number of esters is 1. The van der Waals surface area contributed by atoms with Crippen LogP contribution in [-0.4, -0.2) is 48.2 Å². The van der Waals surface area contributed by atoms with Gasteiger partial charge in [-0.25, -0.2) is 4.79 Å². The van der Waals surface area contributed by atoms with E-state index in [1.807, 2.05) is 0 Å². The lowest BCUT2D eigenvalue weighted by atomic mass is 10.1. The quantitative estimate of drug-likeness (QED) is 0.472. The smallest absolute Gasteiger partial charge is 0.338 e. The van der Waals surface area contributed by atoms with Gasteiger partial charge in [-0.15, -0.1) is 0 Å². The van der Waals surface area contributed by atoms with Crippen molar-refractivity contribution in [3.05, 3.63) is 0 Å². The summed E-state index contributed by atoms with van der Waals surface area (Å²) in [5, 5.41) is 17.8. The van der Waals surface area contributed by atoms with E-state index in [1.54, 1.807) is 0 Å². The van der Waals surface area contributed by atoms with E-state index < -0.39 is 24.3 Å². The average Bonchev–Trinajstić information content (AvgIpc) is 2.26.